The highest BCUT2D eigenvalue weighted by Gasteiger charge is 2.33. The maximum atomic E-state index is 12.6. The Bertz CT molecular complexity index is 851. The average molecular weight is 314 g/mol. The molecule has 1 atom stereocenters. The fourth-order valence-electron chi connectivity index (χ4n) is 2.80. The fourth-order valence-corrected chi connectivity index (χ4v) is 2.80. The first-order valence-electron chi connectivity index (χ1n) is 6.99. The van der Waals surface area contributed by atoms with Crippen LogP contribution < -0.4 is 0 Å². The molecular weight excluding hydrogens is 300 g/mol. The van der Waals surface area contributed by atoms with Crippen molar-refractivity contribution in [3.05, 3.63) is 52.1 Å². The first-order chi connectivity index (χ1) is 10.8. The second-order valence-electron chi connectivity index (χ2n) is 5.63. The van der Waals surface area contributed by atoms with Gasteiger partial charge in [0.15, 0.2) is 11.6 Å². The minimum absolute atomic E-state index is 0.0182. The molecule has 2 aromatic carbocycles. The van der Waals surface area contributed by atoms with E-state index in [0.717, 1.165) is 12.1 Å². The van der Waals surface area contributed by atoms with Crippen molar-refractivity contribution in [2.45, 2.75) is 19.4 Å². The monoisotopic (exact) mass is 314 g/mol. The number of phenolic OH excluding ortho intramolecular Hbond substituents is 3. The van der Waals surface area contributed by atoms with Crippen LogP contribution in [0.2, 0.25) is 0 Å². The molecule has 6 heteroatoms. The third-order valence-electron chi connectivity index (χ3n) is 3.80. The van der Waals surface area contributed by atoms with Crippen LogP contribution in [0.25, 0.3) is 0 Å². The summed E-state index contributed by atoms with van der Waals surface area (Å²) in [6, 6.07) is 4.64. The molecule has 0 aliphatic heterocycles. The Morgan fingerprint density at radius 2 is 1.52 bits per heavy atom. The Hall–Kier alpha value is -2.86. The normalized spacial score (nSPS) is 14.3. The molecule has 0 saturated carbocycles. The third kappa shape index (κ3) is 2.33. The highest BCUT2D eigenvalue weighted by Crippen LogP contribution is 2.37. The number of phenols is 3. The summed E-state index contributed by atoms with van der Waals surface area (Å²) in [5.74, 6) is -2.16. The van der Waals surface area contributed by atoms with E-state index in [1.807, 2.05) is 0 Å². The standard InChI is InChI=1S/C17H14O6/c1-7(18)2-8-3-10-11(6-13(8)20)17(23)15-12(16(10)22)4-9(19)5-14(15)21/h3-7,18-21H,2H2,1H3. The first kappa shape index (κ1) is 15.1. The number of aliphatic hydroxyl groups excluding tert-OH is 1. The van der Waals surface area contributed by atoms with Crippen molar-refractivity contribution < 1.29 is 30.0 Å². The molecule has 1 unspecified atom stereocenters. The van der Waals surface area contributed by atoms with E-state index in [9.17, 15) is 30.0 Å². The predicted octanol–water partition coefficient (Wildman–Crippen LogP) is 1.50. The molecule has 4 N–H and O–H groups in total. The maximum Gasteiger partial charge on any atom is 0.198 e. The number of hydrogen-bond acceptors (Lipinski definition) is 6. The molecular formula is C17H14O6. The average Bonchev–Trinajstić information content (AvgIpc) is 2.45. The van der Waals surface area contributed by atoms with Gasteiger partial charge in [0, 0.05) is 29.2 Å². The molecule has 0 fully saturated rings. The van der Waals surface area contributed by atoms with Gasteiger partial charge in [-0.3, -0.25) is 9.59 Å². The smallest absolute Gasteiger partial charge is 0.198 e. The van der Waals surface area contributed by atoms with Crippen molar-refractivity contribution in [3.8, 4) is 17.2 Å². The van der Waals surface area contributed by atoms with Crippen LogP contribution in [-0.4, -0.2) is 38.1 Å². The predicted molar refractivity (Wildman–Crippen MR) is 80.1 cm³/mol. The second kappa shape index (κ2) is 5.10. The molecule has 0 heterocycles. The zero-order valence-electron chi connectivity index (χ0n) is 12.2. The van der Waals surface area contributed by atoms with Crippen LogP contribution in [0, 0.1) is 0 Å². The fraction of sp³-hybridized carbons (Fsp3) is 0.176. The molecule has 3 rings (SSSR count). The first-order valence-corrected chi connectivity index (χ1v) is 6.99. The summed E-state index contributed by atoms with van der Waals surface area (Å²) < 4.78 is 0. The Balaban J connectivity index is 2.23. The maximum absolute atomic E-state index is 12.6. The number of benzene rings is 2. The summed E-state index contributed by atoms with van der Waals surface area (Å²) >= 11 is 0. The summed E-state index contributed by atoms with van der Waals surface area (Å²) in [5.41, 5.74) is 0.112. The summed E-state index contributed by atoms with van der Waals surface area (Å²) in [7, 11) is 0. The van der Waals surface area contributed by atoms with Crippen LogP contribution in [0.4, 0.5) is 0 Å². The van der Waals surface area contributed by atoms with Gasteiger partial charge in [0.2, 0.25) is 0 Å². The van der Waals surface area contributed by atoms with E-state index < -0.39 is 23.4 Å². The molecule has 0 saturated heterocycles. The van der Waals surface area contributed by atoms with Gasteiger partial charge in [-0.15, -0.1) is 0 Å². The number of carbonyl (C=O) groups excluding carboxylic acids is 2. The zero-order valence-corrected chi connectivity index (χ0v) is 12.2. The van der Waals surface area contributed by atoms with Gasteiger partial charge < -0.3 is 20.4 Å². The minimum Gasteiger partial charge on any atom is -0.508 e. The number of hydrogen-bond donors (Lipinski definition) is 4. The highest BCUT2D eigenvalue weighted by atomic mass is 16.3. The third-order valence-corrected chi connectivity index (χ3v) is 3.80. The van der Waals surface area contributed by atoms with Crippen LogP contribution >= 0.6 is 0 Å². The summed E-state index contributed by atoms with van der Waals surface area (Å²) in [4.78, 5) is 25.1. The molecule has 2 aromatic rings. The van der Waals surface area contributed by atoms with Crippen molar-refractivity contribution in [1.29, 1.82) is 0 Å². The Kier molecular flexibility index (Phi) is 3.34. The van der Waals surface area contributed by atoms with Crippen LogP contribution in [0.5, 0.6) is 17.2 Å². The number of ketones is 2. The second-order valence-corrected chi connectivity index (χ2v) is 5.63. The van der Waals surface area contributed by atoms with E-state index in [4.69, 9.17) is 0 Å². The summed E-state index contributed by atoms with van der Waals surface area (Å²) in [6.45, 7) is 1.54. The molecule has 23 heavy (non-hydrogen) atoms. The van der Waals surface area contributed by atoms with Gasteiger partial charge in [0.1, 0.15) is 17.2 Å². The Labute approximate surface area is 131 Å². The van der Waals surface area contributed by atoms with Gasteiger partial charge in [-0.05, 0) is 30.7 Å². The lowest BCUT2D eigenvalue weighted by Gasteiger charge is -2.20. The molecule has 6 nitrogen and oxygen atoms in total. The number of rotatable bonds is 2. The van der Waals surface area contributed by atoms with Crippen molar-refractivity contribution in [1.82, 2.24) is 0 Å². The van der Waals surface area contributed by atoms with Gasteiger partial charge in [-0.1, -0.05) is 0 Å². The molecule has 1 aliphatic carbocycles. The van der Waals surface area contributed by atoms with E-state index in [2.05, 4.69) is 0 Å². The number of carbonyl (C=O) groups is 2. The van der Waals surface area contributed by atoms with E-state index in [1.54, 1.807) is 0 Å². The lowest BCUT2D eigenvalue weighted by molar-refractivity contribution is 0.0976. The van der Waals surface area contributed by atoms with Crippen molar-refractivity contribution in [2.75, 3.05) is 0 Å². The lowest BCUT2D eigenvalue weighted by Crippen LogP contribution is -2.21. The van der Waals surface area contributed by atoms with Gasteiger partial charge >= 0.3 is 0 Å². The molecule has 0 bridgehead atoms. The van der Waals surface area contributed by atoms with Gasteiger partial charge in [0.25, 0.3) is 0 Å². The zero-order chi connectivity index (χ0) is 16.9. The Morgan fingerprint density at radius 3 is 2.17 bits per heavy atom. The highest BCUT2D eigenvalue weighted by molar-refractivity contribution is 6.29. The van der Waals surface area contributed by atoms with E-state index in [-0.39, 0.29) is 40.2 Å². The largest absolute Gasteiger partial charge is 0.508 e. The summed E-state index contributed by atoms with van der Waals surface area (Å²) in [6.07, 6.45) is -0.604. The number of fused-ring (bicyclic) bond motifs is 2. The number of aromatic hydroxyl groups is 3. The van der Waals surface area contributed by atoms with Gasteiger partial charge in [-0.2, -0.15) is 0 Å². The molecule has 0 spiro atoms. The topological polar surface area (TPSA) is 115 Å². The van der Waals surface area contributed by atoms with Crippen LogP contribution in [0.3, 0.4) is 0 Å². The SMILES string of the molecule is CC(O)Cc1cc2c(cc1O)C(=O)c1c(O)cc(O)cc1C2=O. The van der Waals surface area contributed by atoms with Crippen LogP contribution in [0.15, 0.2) is 24.3 Å². The van der Waals surface area contributed by atoms with Crippen LogP contribution in [0.1, 0.15) is 44.3 Å². The minimum atomic E-state index is -0.728. The quantitative estimate of drug-likeness (QED) is 0.570. The van der Waals surface area contributed by atoms with E-state index >= 15 is 0 Å². The Morgan fingerprint density at radius 1 is 0.870 bits per heavy atom. The molecule has 1 aliphatic rings. The van der Waals surface area contributed by atoms with Gasteiger partial charge in [-0.25, -0.2) is 0 Å². The molecule has 0 amide bonds. The molecule has 0 aromatic heterocycles. The van der Waals surface area contributed by atoms with Gasteiger partial charge in [0.05, 0.1) is 11.7 Å². The van der Waals surface area contributed by atoms with E-state index in [0.29, 0.717) is 5.56 Å². The number of aliphatic hydroxyl groups is 1. The molecule has 0 radical (unpaired) electrons. The van der Waals surface area contributed by atoms with Crippen molar-refractivity contribution in [2.24, 2.45) is 0 Å². The van der Waals surface area contributed by atoms with Crippen molar-refractivity contribution in [3.63, 3.8) is 0 Å². The summed E-state index contributed by atoms with van der Waals surface area (Å²) in [5, 5.41) is 38.9. The van der Waals surface area contributed by atoms with E-state index in [1.165, 1.54) is 19.1 Å². The van der Waals surface area contributed by atoms with Crippen molar-refractivity contribution >= 4 is 11.6 Å². The molecule has 118 valence electrons. The lowest BCUT2D eigenvalue weighted by atomic mass is 9.82. The van der Waals surface area contributed by atoms with Crippen LogP contribution in [-0.2, 0) is 6.42 Å².